The van der Waals surface area contributed by atoms with Crippen LogP contribution in [0.5, 0.6) is 0 Å². The molecule has 2 unspecified atom stereocenters. The smallest absolute Gasteiger partial charge is 0.346 e. The molecule has 8 heteroatoms. The van der Waals surface area contributed by atoms with E-state index in [0.29, 0.717) is 35.3 Å². The number of likely N-dealkylation sites (tertiary alicyclic amines) is 1. The van der Waals surface area contributed by atoms with Crippen LogP contribution in [0.2, 0.25) is 0 Å². The summed E-state index contributed by atoms with van der Waals surface area (Å²) in [5.74, 6) is -0.281. The second kappa shape index (κ2) is 6.59. The highest BCUT2D eigenvalue weighted by molar-refractivity contribution is 7.20. The lowest BCUT2D eigenvalue weighted by molar-refractivity contribution is -0.134. The first-order valence-corrected chi connectivity index (χ1v) is 9.09. The summed E-state index contributed by atoms with van der Waals surface area (Å²) in [5.41, 5.74) is 0.0460. The van der Waals surface area contributed by atoms with Crippen molar-refractivity contribution in [1.82, 2.24) is 14.5 Å². The van der Waals surface area contributed by atoms with E-state index in [9.17, 15) is 19.5 Å². The molecule has 3 heterocycles. The number of aryl methyl sites for hydroxylation is 1. The van der Waals surface area contributed by atoms with Gasteiger partial charge in [0.15, 0.2) is 0 Å². The van der Waals surface area contributed by atoms with E-state index < -0.39 is 5.97 Å². The molecule has 2 aromatic heterocycles. The summed E-state index contributed by atoms with van der Waals surface area (Å²) >= 11 is 0.983. The van der Waals surface area contributed by atoms with Crippen LogP contribution in [0.3, 0.4) is 0 Å². The minimum atomic E-state index is -1.07. The van der Waals surface area contributed by atoms with Gasteiger partial charge in [-0.1, -0.05) is 13.8 Å². The highest BCUT2D eigenvalue weighted by atomic mass is 32.1. The molecule has 1 amide bonds. The fraction of sp³-hybridized carbons (Fsp3) is 0.529. The Morgan fingerprint density at radius 2 is 1.96 bits per heavy atom. The van der Waals surface area contributed by atoms with Gasteiger partial charge >= 0.3 is 5.97 Å². The van der Waals surface area contributed by atoms with Crippen LogP contribution in [0, 0.1) is 18.8 Å². The third-order valence-electron chi connectivity index (χ3n) is 4.64. The number of hydrogen-bond acceptors (Lipinski definition) is 5. The predicted octanol–water partition coefficient (Wildman–Crippen LogP) is 1.97. The molecular weight excluding hydrogens is 342 g/mol. The molecular formula is C17H21N3O4S. The van der Waals surface area contributed by atoms with Crippen molar-refractivity contribution in [2.45, 2.75) is 33.7 Å². The fourth-order valence-corrected chi connectivity index (χ4v) is 4.57. The number of thiophene rings is 1. The Labute approximate surface area is 148 Å². The number of carboxylic acids is 1. The van der Waals surface area contributed by atoms with E-state index in [4.69, 9.17) is 0 Å². The normalized spacial score (nSPS) is 20.8. The first-order valence-electron chi connectivity index (χ1n) is 8.27. The third-order valence-corrected chi connectivity index (χ3v) is 5.83. The molecule has 1 saturated heterocycles. The van der Waals surface area contributed by atoms with E-state index in [-0.39, 0.29) is 28.3 Å². The van der Waals surface area contributed by atoms with Gasteiger partial charge in [0.2, 0.25) is 5.91 Å². The molecule has 0 spiro atoms. The maximum absolute atomic E-state index is 12.7. The van der Waals surface area contributed by atoms with Crippen molar-refractivity contribution in [3.8, 4) is 0 Å². The first-order chi connectivity index (χ1) is 11.8. The fourth-order valence-electron chi connectivity index (χ4n) is 3.59. The van der Waals surface area contributed by atoms with Gasteiger partial charge in [-0.3, -0.25) is 14.2 Å². The van der Waals surface area contributed by atoms with Crippen molar-refractivity contribution in [3.05, 3.63) is 27.1 Å². The summed E-state index contributed by atoms with van der Waals surface area (Å²) < 4.78 is 1.28. The second-order valence-corrected chi connectivity index (χ2v) is 7.96. The Morgan fingerprint density at radius 1 is 1.32 bits per heavy atom. The minimum absolute atomic E-state index is 0.0705. The van der Waals surface area contributed by atoms with E-state index in [2.05, 4.69) is 18.8 Å². The van der Waals surface area contributed by atoms with Crippen molar-refractivity contribution in [3.63, 3.8) is 0 Å². The van der Waals surface area contributed by atoms with Crippen LogP contribution >= 0.6 is 11.3 Å². The van der Waals surface area contributed by atoms with Crippen LogP contribution < -0.4 is 5.56 Å². The van der Waals surface area contributed by atoms with E-state index >= 15 is 0 Å². The maximum atomic E-state index is 12.7. The Balaban J connectivity index is 1.90. The van der Waals surface area contributed by atoms with Crippen LogP contribution in [0.4, 0.5) is 0 Å². The van der Waals surface area contributed by atoms with E-state index in [0.717, 1.165) is 17.8 Å². The molecule has 2 aromatic rings. The summed E-state index contributed by atoms with van der Waals surface area (Å²) in [7, 11) is 0. The van der Waals surface area contributed by atoms with Gasteiger partial charge in [0.25, 0.3) is 5.56 Å². The summed E-state index contributed by atoms with van der Waals surface area (Å²) in [6, 6.07) is 0. The van der Waals surface area contributed by atoms with Crippen LogP contribution in [0.1, 0.15) is 35.5 Å². The number of amides is 1. The number of fused-ring (bicyclic) bond motifs is 1. The lowest BCUT2D eigenvalue weighted by Gasteiger charge is -2.35. The van der Waals surface area contributed by atoms with Gasteiger partial charge in [0.1, 0.15) is 16.3 Å². The quantitative estimate of drug-likeness (QED) is 0.900. The van der Waals surface area contributed by atoms with Gasteiger partial charge in [-0.25, -0.2) is 9.78 Å². The zero-order chi connectivity index (χ0) is 18.3. The minimum Gasteiger partial charge on any atom is -0.477 e. The number of piperidine rings is 1. The highest BCUT2D eigenvalue weighted by Crippen LogP contribution is 2.26. The molecule has 7 nitrogen and oxygen atoms in total. The Kier molecular flexibility index (Phi) is 4.64. The molecule has 0 radical (unpaired) electrons. The van der Waals surface area contributed by atoms with Crippen molar-refractivity contribution in [2.24, 2.45) is 11.8 Å². The number of rotatable bonds is 3. The lowest BCUT2D eigenvalue weighted by atomic mass is 9.92. The molecule has 1 N–H and O–H groups in total. The molecule has 2 atom stereocenters. The van der Waals surface area contributed by atoms with Gasteiger partial charge in [-0.05, 0) is 30.7 Å². The van der Waals surface area contributed by atoms with E-state index in [1.807, 2.05) is 0 Å². The Bertz CT molecular complexity index is 891. The van der Waals surface area contributed by atoms with Crippen molar-refractivity contribution < 1.29 is 14.7 Å². The predicted molar refractivity (Wildman–Crippen MR) is 95.1 cm³/mol. The average molecular weight is 363 g/mol. The molecule has 0 bridgehead atoms. The van der Waals surface area contributed by atoms with Crippen LogP contribution in [-0.2, 0) is 11.3 Å². The molecule has 134 valence electrons. The standard InChI is InChI=1S/C17H21N3O4S/c1-9-4-10(2)6-19(5-9)12(21)7-20-8-18-15-13(16(20)22)11(3)14(25-15)17(23)24/h8-10H,4-7H2,1-3H3,(H,23,24). The first kappa shape index (κ1) is 17.6. The van der Waals surface area contributed by atoms with E-state index in [1.165, 1.54) is 10.9 Å². The van der Waals surface area contributed by atoms with Gasteiger partial charge in [-0.2, -0.15) is 0 Å². The summed E-state index contributed by atoms with van der Waals surface area (Å²) in [4.78, 5) is 43.0. The molecule has 1 fully saturated rings. The largest absolute Gasteiger partial charge is 0.477 e. The SMILES string of the molecule is Cc1c(C(=O)O)sc2ncn(CC(=O)N3CC(C)CC(C)C3)c(=O)c12. The van der Waals surface area contributed by atoms with Crippen molar-refractivity contribution in [2.75, 3.05) is 13.1 Å². The molecule has 0 saturated carbocycles. The average Bonchev–Trinajstić information content (AvgIpc) is 2.87. The number of hydrogen-bond donors (Lipinski definition) is 1. The van der Waals surface area contributed by atoms with Gasteiger partial charge in [-0.15, -0.1) is 11.3 Å². The van der Waals surface area contributed by atoms with Crippen LogP contribution in [0.25, 0.3) is 10.2 Å². The Hall–Kier alpha value is -2.22. The number of carbonyl (C=O) groups is 2. The van der Waals surface area contributed by atoms with Crippen LogP contribution in [-0.4, -0.2) is 44.5 Å². The zero-order valence-electron chi connectivity index (χ0n) is 14.5. The monoisotopic (exact) mass is 363 g/mol. The molecule has 1 aliphatic heterocycles. The zero-order valence-corrected chi connectivity index (χ0v) is 15.3. The molecule has 0 aliphatic carbocycles. The maximum Gasteiger partial charge on any atom is 0.346 e. The van der Waals surface area contributed by atoms with E-state index in [1.54, 1.807) is 11.8 Å². The van der Waals surface area contributed by atoms with Gasteiger partial charge in [0.05, 0.1) is 11.7 Å². The third kappa shape index (κ3) is 3.30. The molecule has 3 rings (SSSR count). The highest BCUT2D eigenvalue weighted by Gasteiger charge is 2.26. The summed E-state index contributed by atoms with van der Waals surface area (Å²) in [5, 5.41) is 9.50. The number of nitrogens with zero attached hydrogens (tertiary/aromatic N) is 3. The summed E-state index contributed by atoms with van der Waals surface area (Å²) in [6.45, 7) is 7.18. The molecule has 0 aromatic carbocycles. The molecule has 25 heavy (non-hydrogen) atoms. The lowest BCUT2D eigenvalue weighted by Crippen LogP contribution is -2.44. The topological polar surface area (TPSA) is 92.5 Å². The molecule has 1 aliphatic rings. The number of carboxylic acid groups (broad SMARTS) is 1. The Morgan fingerprint density at radius 3 is 2.56 bits per heavy atom. The second-order valence-electron chi connectivity index (χ2n) is 6.96. The van der Waals surface area contributed by atoms with Gasteiger partial charge in [0, 0.05) is 13.1 Å². The van der Waals surface area contributed by atoms with Crippen molar-refractivity contribution in [1.29, 1.82) is 0 Å². The van der Waals surface area contributed by atoms with Gasteiger partial charge < -0.3 is 10.0 Å². The van der Waals surface area contributed by atoms with Crippen molar-refractivity contribution >= 4 is 33.4 Å². The number of aromatic carboxylic acids is 1. The number of carbonyl (C=O) groups excluding carboxylic acids is 1. The van der Waals surface area contributed by atoms with Crippen LogP contribution in [0.15, 0.2) is 11.1 Å². The number of aromatic nitrogens is 2. The summed E-state index contributed by atoms with van der Waals surface area (Å²) in [6.07, 6.45) is 2.43.